The van der Waals surface area contributed by atoms with Gasteiger partial charge in [0.2, 0.25) is 11.8 Å². The molecule has 0 aromatic rings. The van der Waals surface area contributed by atoms with E-state index < -0.39 is 0 Å². The Morgan fingerprint density at radius 2 is 1.68 bits per heavy atom. The van der Waals surface area contributed by atoms with Crippen molar-refractivity contribution in [1.82, 2.24) is 10.2 Å². The van der Waals surface area contributed by atoms with Crippen LogP contribution in [0.2, 0.25) is 0 Å². The standard InChI is InChI=1S/C18H30N2O2/c1-14(21)20-12-6-7-15(13-20)17(22)19-16-8-2-3-9-18(16)10-4-5-11-18/h15-16H,2-13H2,1H3,(H,19,22)/t15-,16-/m0/s1. The van der Waals surface area contributed by atoms with Gasteiger partial charge in [-0.3, -0.25) is 9.59 Å². The summed E-state index contributed by atoms with van der Waals surface area (Å²) in [6.07, 6.45) is 12.1. The molecule has 1 saturated heterocycles. The maximum atomic E-state index is 12.7. The first-order chi connectivity index (χ1) is 10.6. The quantitative estimate of drug-likeness (QED) is 0.853. The molecule has 1 spiro atoms. The fourth-order valence-electron chi connectivity index (χ4n) is 4.98. The molecule has 2 saturated carbocycles. The minimum Gasteiger partial charge on any atom is -0.353 e. The average Bonchev–Trinajstić information content (AvgIpc) is 2.99. The Morgan fingerprint density at radius 3 is 2.36 bits per heavy atom. The van der Waals surface area contributed by atoms with Gasteiger partial charge in [0, 0.05) is 26.1 Å². The van der Waals surface area contributed by atoms with Gasteiger partial charge in [0.05, 0.1) is 5.92 Å². The minimum atomic E-state index is -0.00182. The molecule has 22 heavy (non-hydrogen) atoms. The lowest BCUT2D eigenvalue weighted by molar-refractivity contribution is -0.134. The van der Waals surface area contributed by atoms with Gasteiger partial charge in [-0.05, 0) is 43.9 Å². The number of nitrogens with one attached hydrogen (secondary N) is 1. The van der Waals surface area contributed by atoms with Gasteiger partial charge in [0.25, 0.3) is 0 Å². The number of rotatable bonds is 2. The zero-order valence-corrected chi connectivity index (χ0v) is 13.9. The van der Waals surface area contributed by atoms with E-state index >= 15 is 0 Å². The Bertz CT molecular complexity index is 429. The first kappa shape index (κ1) is 15.8. The lowest BCUT2D eigenvalue weighted by Crippen LogP contribution is -2.52. The van der Waals surface area contributed by atoms with Crippen molar-refractivity contribution in [3.05, 3.63) is 0 Å². The van der Waals surface area contributed by atoms with Gasteiger partial charge in [0.15, 0.2) is 0 Å². The maximum Gasteiger partial charge on any atom is 0.225 e. The lowest BCUT2D eigenvalue weighted by Gasteiger charge is -2.43. The van der Waals surface area contributed by atoms with Crippen molar-refractivity contribution in [2.45, 2.75) is 77.2 Å². The molecule has 2 amide bonds. The van der Waals surface area contributed by atoms with Crippen molar-refractivity contribution in [2.24, 2.45) is 11.3 Å². The number of hydrogen-bond acceptors (Lipinski definition) is 2. The molecule has 0 bridgehead atoms. The number of nitrogens with zero attached hydrogens (tertiary/aromatic N) is 1. The molecule has 3 rings (SSSR count). The van der Waals surface area contributed by atoms with Crippen LogP contribution in [0.1, 0.15) is 71.1 Å². The first-order valence-electron chi connectivity index (χ1n) is 9.17. The van der Waals surface area contributed by atoms with Gasteiger partial charge < -0.3 is 10.2 Å². The number of carbonyl (C=O) groups excluding carboxylic acids is 2. The van der Waals surface area contributed by atoms with E-state index in [2.05, 4.69) is 5.32 Å². The van der Waals surface area contributed by atoms with Crippen molar-refractivity contribution < 1.29 is 9.59 Å². The van der Waals surface area contributed by atoms with Gasteiger partial charge in [-0.25, -0.2) is 0 Å². The molecule has 1 N–H and O–H groups in total. The highest BCUT2D eigenvalue weighted by molar-refractivity contribution is 5.81. The molecular weight excluding hydrogens is 276 g/mol. The fourth-order valence-corrected chi connectivity index (χ4v) is 4.98. The number of piperidine rings is 1. The molecule has 1 heterocycles. The summed E-state index contributed by atoms with van der Waals surface area (Å²) in [7, 11) is 0. The van der Waals surface area contributed by atoms with Gasteiger partial charge in [-0.1, -0.05) is 25.7 Å². The van der Waals surface area contributed by atoms with Crippen LogP contribution in [0.3, 0.4) is 0 Å². The second-order valence-corrected chi connectivity index (χ2v) is 7.68. The van der Waals surface area contributed by atoms with E-state index in [-0.39, 0.29) is 17.7 Å². The Labute approximate surface area is 134 Å². The summed E-state index contributed by atoms with van der Waals surface area (Å²) >= 11 is 0. The maximum absolute atomic E-state index is 12.7. The molecule has 0 aromatic heterocycles. The summed E-state index contributed by atoms with van der Waals surface area (Å²) in [6, 6.07) is 0.379. The third-order valence-corrected chi connectivity index (χ3v) is 6.31. The van der Waals surface area contributed by atoms with E-state index in [0.717, 1.165) is 25.8 Å². The van der Waals surface area contributed by atoms with Crippen LogP contribution < -0.4 is 5.32 Å². The summed E-state index contributed by atoms with van der Waals surface area (Å²) in [5.74, 6) is 0.296. The molecule has 2 aliphatic carbocycles. The van der Waals surface area contributed by atoms with Gasteiger partial charge in [0.1, 0.15) is 0 Å². The minimum absolute atomic E-state index is 0.00182. The Balaban J connectivity index is 1.61. The number of likely N-dealkylation sites (tertiary alicyclic amines) is 1. The van der Waals surface area contributed by atoms with Crippen molar-refractivity contribution in [2.75, 3.05) is 13.1 Å². The van der Waals surface area contributed by atoms with Crippen LogP contribution in [0.4, 0.5) is 0 Å². The molecule has 3 fully saturated rings. The monoisotopic (exact) mass is 306 g/mol. The second-order valence-electron chi connectivity index (χ2n) is 7.68. The number of hydrogen-bond donors (Lipinski definition) is 1. The van der Waals surface area contributed by atoms with Crippen LogP contribution in [0.25, 0.3) is 0 Å². The topological polar surface area (TPSA) is 49.4 Å². The SMILES string of the molecule is CC(=O)N1CCC[C@H](C(=O)N[C@H]2CCCCC23CCCC3)C1. The Hall–Kier alpha value is -1.06. The molecule has 124 valence electrons. The third-order valence-electron chi connectivity index (χ3n) is 6.31. The highest BCUT2D eigenvalue weighted by Crippen LogP contribution is 2.49. The van der Waals surface area contributed by atoms with Crippen LogP contribution in [-0.2, 0) is 9.59 Å². The summed E-state index contributed by atoms with van der Waals surface area (Å²) in [5, 5.41) is 3.40. The smallest absolute Gasteiger partial charge is 0.225 e. The highest BCUT2D eigenvalue weighted by atomic mass is 16.2. The molecule has 1 aliphatic heterocycles. The van der Waals surface area contributed by atoms with Gasteiger partial charge in [-0.2, -0.15) is 0 Å². The van der Waals surface area contributed by atoms with Crippen molar-refractivity contribution >= 4 is 11.8 Å². The molecular formula is C18H30N2O2. The Kier molecular flexibility index (Phi) is 4.74. The van der Waals surface area contributed by atoms with Crippen LogP contribution in [0.15, 0.2) is 0 Å². The van der Waals surface area contributed by atoms with Gasteiger partial charge >= 0.3 is 0 Å². The largest absolute Gasteiger partial charge is 0.353 e. The van der Waals surface area contributed by atoms with E-state index in [0.29, 0.717) is 18.0 Å². The molecule has 4 heteroatoms. The van der Waals surface area contributed by atoms with Gasteiger partial charge in [-0.15, -0.1) is 0 Å². The van der Waals surface area contributed by atoms with Crippen LogP contribution in [-0.4, -0.2) is 35.8 Å². The Morgan fingerprint density at radius 1 is 1.00 bits per heavy atom. The molecule has 0 radical (unpaired) electrons. The molecule has 4 nitrogen and oxygen atoms in total. The van der Waals surface area contributed by atoms with Crippen molar-refractivity contribution in [3.8, 4) is 0 Å². The zero-order valence-electron chi connectivity index (χ0n) is 13.9. The number of amides is 2. The van der Waals surface area contributed by atoms with Crippen molar-refractivity contribution in [1.29, 1.82) is 0 Å². The van der Waals surface area contributed by atoms with Crippen LogP contribution in [0.5, 0.6) is 0 Å². The van der Waals surface area contributed by atoms with E-state index in [1.807, 2.05) is 4.90 Å². The van der Waals surface area contributed by atoms with E-state index in [4.69, 9.17) is 0 Å². The second kappa shape index (κ2) is 6.59. The van der Waals surface area contributed by atoms with Crippen LogP contribution in [0, 0.1) is 11.3 Å². The lowest BCUT2D eigenvalue weighted by atomic mass is 9.69. The molecule has 2 atom stereocenters. The molecule has 3 aliphatic rings. The average molecular weight is 306 g/mol. The summed E-state index contributed by atoms with van der Waals surface area (Å²) < 4.78 is 0. The zero-order chi connectivity index (χ0) is 15.6. The third kappa shape index (κ3) is 3.16. The molecule has 0 aromatic carbocycles. The summed E-state index contributed by atoms with van der Waals surface area (Å²) in [5.41, 5.74) is 0.392. The molecule has 0 unspecified atom stereocenters. The normalized spacial score (nSPS) is 31.2. The fraction of sp³-hybridized carbons (Fsp3) is 0.889. The summed E-state index contributed by atoms with van der Waals surface area (Å²) in [6.45, 7) is 3.03. The predicted octanol–water partition coefficient (Wildman–Crippen LogP) is 2.86. The van der Waals surface area contributed by atoms with Crippen molar-refractivity contribution in [3.63, 3.8) is 0 Å². The highest BCUT2D eigenvalue weighted by Gasteiger charge is 2.43. The predicted molar refractivity (Wildman–Crippen MR) is 86.3 cm³/mol. The summed E-state index contributed by atoms with van der Waals surface area (Å²) in [4.78, 5) is 26.1. The number of carbonyl (C=O) groups is 2. The van der Waals surface area contributed by atoms with E-state index in [1.165, 1.54) is 44.9 Å². The van der Waals surface area contributed by atoms with Crippen LogP contribution >= 0.6 is 0 Å². The first-order valence-corrected chi connectivity index (χ1v) is 9.17. The van der Waals surface area contributed by atoms with E-state index in [9.17, 15) is 9.59 Å². The van der Waals surface area contributed by atoms with E-state index in [1.54, 1.807) is 6.92 Å².